The third-order valence-electron chi connectivity index (χ3n) is 3.09. The number of hydrogen-bond acceptors (Lipinski definition) is 3. The van der Waals surface area contributed by atoms with E-state index in [1.54, 1.807) is 23.1 Å². The highest BCUT2D eigenvalue weighted by Gasteiger charge is 2.20. The minimum atomic E-state index is -3.42. The Morgan fingerprint density at radius 3 is 2.85 bits per heavy atom. The molecule has 1 aliphatic heterocycles. The lowest BCUT2D eigenvalue weighted by atomic mass is 10.1. The summed E-state index contributed by atoms with van der Waals surface area (Å²) in [5, 5.41) is 0. The lowest BCUT2D eigenvalue weighted by Gasteiger charge is -2.27. The van der Waals surface area contributed by atoms with E-state index in [-0.39, 0.29) is 11.7 Å². The van der Waals surface area contributed by atoms with Crippen molar-refractivity contribution in [2.45, 2.75) is 19.3 Å². The van der Waals surface area contributed by atoms with Crippen LogP contribution in [-0.4, -0.2) is 26.6 Å². The molecule has 20 heavy (non-hydrogen) atoms. The van der Waals surface area contributed by atoms with Crippen molar-refractivity contribution < 1.29 is 13.2 Å². The monoisotopic (exact) mass is 294 g/mol. The molecule has 0 atom stereocenters. The lowest BCUT2D eigenvalue weighted by Crippen LogP contribution is -2.35. The first-order valence-electron chi connectivity index (χ1n) is 6.54. The SMILES string of the molecule is C=CCS(=O)(=O)Nc1cccc(N2CCCCC2=O)c1. The van der Waals surface area contributed by atoms with Crippen LogP contribution in [0.5, 0.6) is 0 Å². The van der Waals surface area contributed by atoms with Crippen molar-refractivity contribution in [2.24, 2.45) is 0 Å². The Morgan fingerprint density at radius 2 is 2.15 bits per heavy atom. The molecule has 1 heterocycles. The van der Waals surface area contributed by atoms with Gasteiger partial charge in [0.1, 0.15) is 0 Å². The van der Waals surface area contributed by atoms with Crippen LogP contribution in [0.15, 0.2) is 36.9 Å². The van der Waals surface area contributed by atoms with E-state index in [2.05, 4.69) is 11.3 Å². The van der Waals surface area contributed by atoms with Crippen molar-refractivity contribution in [3.63, 3.8) is 0 Å². The number of amides is 1. The third-order valence-corrected chi connectivity index (χ3v) is 4.31. The molecule has 1 aromatic rings. The summed E-state index contributed by atoms with van der Waals surface area (Å²) in [6.07, 6.45) is 3.77. The molecule has 1 fully saturated rings. The Morgan fingerprint density at radius 1 is 1.35 bits per heavy atom. The Labute approximate surface area is 119 Å². The molecule has 1 amide bonds. The van der Waals surface area contributed by atoms with Gasteiger partial charge >= 0.3 is 0 Å². The molecule has 2 rings (SSSR count). The maximum atomic E-state index is 11.9. The summed E-state index contributed by atoms with van der Waals surface area (Å²) in [6, 6.07) is 6.90. The fourth-order valence-electron chi connectivity index (χ4n) is 2.19. The van der Waals surface area contributed by atoms with Gasteiger partial charge in [-0.2, -0.15) is 0 Å². The van der Waals surface area contributed by atoms with Gasteiger partial charge in [0, 0.05) is 18.7 Å². The van der Waals surface area contributed by atoms with E-state index in [1.165, 1.54) is 6.08 Å². The van der Waals surface area contributed by atoms with Gasteiger partial charge in [0.25, 0.3) is 0 Å². The van der Waals surface area contributed by atoms with Crippen LogP contribution < -0.4 is 9.62 Å². The summed E-state index contributed by atoms with van der Waals surface area (Å²) in [4.78, 5) is 13.6. The van der Waals surface area contributed by atoms with Crippen LogP contribution in [0.1, 0.15) is 19.3 Å². The van der Waals surface area contributed by atoms with E-state index < -0.39 is 10.0 Å². The molecule has 0 bridgehead atoms. The molecule has 1 aromatic carbocycles. The lowest BCUT2D eigenvalue weighted by molar-refractivity contribution is -0.119. The van der Waals surface area contributed by atoms with E-state index in [0.717, 1.165) is 18.5 Å². The summed E-state index contributed by atoms with van der Waals surface area (Å²) in [5.74, 6) is -0.0535. The van der Waals surface area contributed by atoms with Gasteiger partial charge < -0.3 is 4.90 Å². The van der Waals surface area contributed by atoms with E-state index in [1.807, 2.05) is 6.07 Å². The second-order valence-corrected chi connectivity index (χ2v) is 6.49. The van der Waals surface area contributed by atoms with Crippen LogP contribution in [0.4, 0.5) is 11.4 Å². The number of sulfonamides is 1. The number of nitrogens with one attached hydrogen (secondary N) is 1. The van der Waals surface area contributed by atoms with Crippen molar-refractivity contribution in [2.75, 3.05) is 21.9 Å². The van der Waals surface area contributed by atoms with Crippen LogP contribution in [0, 0.1) is 0 Å². The molecule has 0 aromatic heterocycles. The predicted octanol–water partition coefficient (Wildman–Crippen LogP) is 2.13. The molecule has 0 aliphatic carbocycles. The summed E-state index contributed by atoms with van der Waals surface area (Å²) >= 11 is 0. The molecular weight excluding hydrogens is 276 g/mol. The molecule has 0 unspecified atom stereocenters. The fourth-order valence-corrected chi connectivity index (χ4v) is 3.07. The molecule has 6 heteroatoms. The van der Waals surface area contributed by atoms with E-state index in [0.29, 0.717) is 18.7 Å². The second-order valence-electron chi connectivity index (χ2n) is 4.72. The second kappa shape index (κ2) is 6.09. The van der Waals surface area contributed by atoms with Crippen LogP contribution >= 0.6 is 0 Å². The van der Waals surface area contributed by atoms with Crippen molar-refractivity contribution in [3.05, 3.63) is 36.9 Å². The average Bonchev–Trinajstić information content (AvgIpc) is 2.38. The Balaban J connectivity index is 2.19. The highest BCUT2D eigenvalue weighted by atomic mass is 32.2. The van der Waals surface area contributed by atoms with Gasteiger partial charge in [0.2, 0.25) is 15.9 Å². The van der Waals surface area contributed by atoms with Gasteiger partial charge in [0.15, 0.2) is 0 Å². The standard InChI is InChI=1S/C14H18N2O3S/c1-2-10-20(18,19)15-12-6-5-7-13(11-12)16-9-4-3-8-14(16)17/h2,5-7,11,15H,1,3-4,8-10H2. The highest BCUT2D eigenvalue weighted by Crippen LogP contribution is 2.24. The third kappa shape index (κ3) is 3.60. The number of hydrogen-bond donors (Lipinski definition) is 1. The molecule has 0 saturated carbocycles. The molecule has 0 spiro atoms. The van der Waals surface area contributed by atoms with Gasteiger partial charge in [-0.05, 0) is 31.0 Å². The van der Waals surface area contributed by atoms with Gasteiger partial charge in [-0.15, -0.1) is 6.58 Å². The van der Waals surface area contributed by atoms with Crippen LogP contribution in [0.3, 0.4) is 0 Å². The smallest absolute Gasteiger partial charge is 0.236 e. The van der Waals surface area contributed by atoms with Crippen LogP contribution in [0.2, 0.25) is 0 Å². The Hall–Kier alpha value is -1.82. The molecule has 1 saturated heterocycles. The zero-order valence-electron chi connectivity index (χ0n) is 11.2. The van der Waals surface area contributed by atoms with Crippen LogP contribution in [-0.2, 0) is 14.8 Å². The topological polar surface area (TPSA) is 66.5 Å². The number of rotatable bonds is 5. The quantitative estimate of drug-likeness (QED) is 0.846. The number of carbonyl (C=O) groups excluding carboxylic acids is 1. The molecule has 108 valence electrons. The predicted molar refractivity (Wildman–Crippen MR) is 80.3 cm³/mol. The number of carbonyl (C=O) groups is 1. The summed E-state index contributed by atoms with van der Waals surface area (Å²) in [6.45, 7) is 4.10. The van der Waals surface area contributed by atoms with Gasteiger partial charge in [-0.1, -0.05) is 12.1 Å². The zero-order chi connectivity index (χ0) is 14.6. The Kier molecular flexibility index (Phi) is 4.44. The van der Waals surface area contributed by atoms with Crippen molar-refractivity contribution in [3.8, 4) is 0 Å². The summed E-state index contributed by atoms with van der Waals surface area (Å²) in [5.41, 5.74) is 1.19. The molecule has 0 radical (unpaired) electrons. The maximum Gasteiger partial charge on any atom is 0.236 e. The summed E-state index contributed by atoms with van der Waals surface area (Å²) < 4.78 is 25.9. The molecular formula is C14H18N2O3S. The first kappa shape index (κ1) is 14.6. The summed E-state index contributed by atoms with van der Waals surface area (Å²) in [7, 11) is -3.42. The molecule has 5 nitrogen and oxygen atoms in total. The number of nitrogens with zero attached hydrogens (tertiary/aromatic N) is 1. The van der Waals surface area contributed by atoms with Gasteiger partial charge in [-0.3, -0.25) is 9.52 Å². The van der Waals surface area contributed by atoms with E-state index >= 15 is 0 Å². The largest absolute Gasteiger partial charge is 0.312 e. The molecule has 1 aliphatic rings. The normalized spacial score (nSPS) is 16.0. The fraction of sp³-hybridized carbons (Fsp3) is 0.357. The van der Waals surface area contributed by atoms with Crippen molar-refractivity contribution in [1.82, 2.24) is 0 Å². The van der Waals surface area contributed by atoms with E-state index in [4.69, 9.17) is 0 Å². The minimum Gasteiger partial charge on any atom is -0.312 e. The van der Waals surface area contributed by atoms with Crippen molar-refractivity contribution in [1.29, 1.82) is 0 Å². The highest BCUT2D eigenvalue weighted by molar-refractivity contribution is 7.92. The molecule has 1 N–H and O–H groups in total. The average molecular weight is 294 g/mol. The Bertz CT molecular complexity index is 611. The van der Waals surface area contributed by atoms with Gasteiger partial charge in [0.05, 0.1) is 11.4 Å². The first-order chi connectivity index (χ1) is 9.52. The number of piperidine rings is 1. The number of anilines is 2. The van der Waals surface area contributed by atoms with Crippen molar-refractivity contribution >= 4 is 27.3 Å². The minimum absolute atomic E-state index is 0.0855. The van der Waals surface area contributed by atoms with Gasteiger partial charge in [-0.25, -0.2) is 8.42 Å². The maximum absolute atomic E-state index is 11.9. The van der Waals surface area contributed by atoms with E-state index in [9.17, 15) is 13.2 Å². The first-order valence-corrected chi connectivity index (χ1v) is 8.19. The van der Waals surface area contributed by atoms with Crippen LogP contribution in [0.25, 0.3) is 0 Å². The zero-order valence-corrected chi connectivity index (χ0v) is 12.0. The number of benzene rings is 1.